The highest BCUT2D eigenvalue weighted by molar-refractivity contribution is 7.86. The first-order chi connectivity index (χ1) is 14.1. The zero-order valence-electron chi connectivity index (χ0n) is 17.7. The van der Waals surface area contributed by atoms with Gasteiger partial charge in [0, 0.05) is 0 Å². The SMILES string of the molecule is CCC(C)(C)C(=O)OCCCS(=O)(=O)O/N=C1/c2c(ccc3ccccc23)OC1C. The van der Waals surface area contributed by atoms with E-state index in [0.29, 0.717) is 17.9 Å². The molecule has 0 bridgehead atoms. The van der Waals surface area contributed by atoms with Crippen molar-refractivity contribution in [3.05, 3.63) is 42.0 Å². The second kappa shape index (κ2) is 8.63. The Hall–Kier alpha value is -2.61. The lowest BCUT2D eigenvalue weighted by Gasteiger charge is -2.20. The molecule has 1 atom stereocenters. The van der Waals surface area contributed by atoms with Gasteiger partial charge in [0.2, 0.25) is 0 Å². The van der Waals surface area contributed by atoms with Gasteiger partial charge in [0.15, 0.2) is 0 Å². The van der Waals surface area contributed by atoms with E-state index in [1.807, 2.05) is 43.3 Å². The lowest BCUT2D eigenvalue weighted by Crippen LogP contribution is -2.26. The maximum atomic E-state index is 12.3. The molecule has 1 aliphatic rings. The van der Waals surface area contributed by atoms with Crippen LogP contribution in [-0.2, 0) is 23.9 Å². The van der Waals surface area contributed by atoms with Gasteiger partial charge in [0.25, 0.3) is 0 Å². The molecule has 3 rings (SSSR count). The molecule has 0 aromatic heterocycles. The van der Waals surface area contributed by atoms with Gasteiger partial charge < -0.3 is 9.47 Å². The summed E-state index contributed by atoms with van der Waals surface area (Å²) in [7, 11) is -3.92. The summed E-state index contributed by atoms with van der Waals surface area (Å²) in [5.74, 6) is -0.00305. The van der Waals surface area contributed by atoms with Crippen LogP contribution in [0.15, 0.2) is 41.6 Å². The minimum atomic E-state index is -3.92. The predicted octanol–water partition coefficient (Wildman–Crippen LogP) is 4.04. The number of carbonyl (C=O) groups excluding carboxylic acids is 1. The van der Waals surface area contributed by atoms with Gasteiger partial charge in [-0.25, -0.2) is 0 Å². The van der Waals surface area contributed by atoms with Gasteiger partial charge in [-0.15, -0.1) is 0 Å². The number of esters is 1. The molecule has 0 spiro atoms. The van der Waals surface area contributed by atoms with Crippen LogP contribution in [0.1, 0.15) is 46.1 Å². The van der Waals surface area contributed by atoms with E-state index in [0.717, 1.165) is 16.3 Å². The highest BCUT2D eigenvalue weighted by Crippen LogP contribution is 2.35. The lowest BCUT2D eigenvalue weighted by molar-refractivity contribution is -0.154. The first kappa shape index (κ1) is 22.1. The molecule has 1 heterocycles. The van der Waals surface area contributed by atoms with Gasteiger partial charge in [-0.2, -0.15) is 8.42 Å². The van der Waals surface area contributed by atoms with E-state index in [-0.39, 0.29) is 24.7 Å². The highest BCUT2D eigenvalue weighted by atomic mass is 32.2. The summed E-state index contributed by atoms with van der Waals surface area (Å²) in [6, 6.07) is 11.5. The second-order valence-corrected chi connectivity index (χ2v) is 9.63. The van der Waals surface area contributed by atoms with Crippen LogP contribution in [0.5, 0.6) is 5.75 Å². The van der Waals surface area contributed by atoms with Crippen molar-refractivity contribution in [2.75, 3.05) is 12.4 Å². The van der Waals surface area contributed by atoms with Crippen molar-refractivity contribution in [3.63, 3.8) is 0 Å². The number of ether oxygens (including phenoxy) is 2. The molecule has 30 heavy (non-hydrogen) atoms. The van der Waals surface area contributed by atoms with E-state index >= 15 is 0 Å². The fraction of sp³-hybridized carbons (Fsp3) is 0.455. The van der Waals surface area contributed by atoms with Crippen molar-refractivity contribution >= 4 is 32.6 Å². The predicted molar refractivity (Wildman–Crippen MR) is 115 cm³/mol. The van der Waals surface area contributed by atoms with Crippen LogP contribution in [0.2, 0.25) is 0 Å². The molecule has 0 saturated heterocycles. The van der Waals surface area contributed by atoms with Crippen molar-refractivity contribution in [2.24, 2.45) is 10.6 Å². The zero-order valence-corrected chi connectivity index (χ0v) is 18.5. The quantitative estimate of drug-likeness (QED) is 0.354. The van der Waals surface area contributed by atoms with Gasteiger partial charge in [0.05, 0.1) is 23.3 Å². The normalized spacial score (nSPS) is 17.6. The highest BCUT2D eigenvalue weighted by Gasteiger charge is 2.30. The maximum Gasteiger partial charge on any atom is 0.328 e. The van der Waals surface area contributed by atoms with E-state index in [2.05, 4.69) is 5.16 Å². The summed E-state index contributed by atoms with van der Waals surface area (Å²) >= 11 is 0. The average Bonchev–Trinajstić information content (AvgIpc) is 3.05. The summed E-state index contributed by atoms with van der Waals surface area (Å²) in [6.45, 7) is 7.27. The molecule has 0 amide bonds. The van der Waals surface area contributed by atoms with E-state index in [9.17, 15) is 13.2 Å². The summed E-state index contributed by atoms with van der Waals surface area (Å²) in [5, 5.41) is 5.85. The number of benzene rings is 2. The number of hydrogen-bond acceptors (Lipinski definition) is 7. The van der Waals surface area contributed by atoms with Crippen LogP contribution in [-0.4, -0.2) is 38.6 Å². The van der Waals surface area contributed by atoms with Gasteiger partial charge in [0.1, 0.15) is 17.6 Å². The Labute approximate surface area is 177 Å². The molecule has 0 aliphatic carbocycles. The molecule has 0 fully saturated rings. The summed E-state index contributed by atoms with van der Waals surface area (Å²) in [6.07, 6.45) is 0.337. The van der Waals surface area contributed by atoms with Crippen molar-refractivity contribution in [1.82, 2.24) is 0 Å². The molecule has 162 valence electrons. The Kier molecular flexibility index (Phi) is 6.36. The Morgan fingerprint density at radius 1 is 1.20 bits per heavy atom. The number of nitrogens with zero attached hydrogens (tertiary/aromatic N) is 1. The molecular formula is C22H27NO6S. The first-order valence-electron chi connectivity index (χ1n) is 10.00. The molecular weight excluding hydrogens is 406 g/mol. The topological polar surface area (TPSA) is 91.3 Å². The molecule has 0 N–H and O–H groups in total. The standard InChI is InChI=1S/C22H27NO6S/c1-5-22(3,4)21(24)27-13-8-14-30(25,26)29-23-20-15(2)28-18-12-11-16-9-6-7-10-17(16)19(18)20/h6-7,9-12,15H,5,8,13-14H2,1-4H3/b23-20+. The van der Waals surface area contributed by atoms with Crippen LogP contribution in [0.4, 0.5) is 0 Å². The van der Waals surface area contributed by atoms with Crippen LogP contribution in [0.3, 0.4) is 0 Å². The number of rotatable bonds is 8. The van der Waals surface area contributed by atoms with Gasteiger partial charge in [-0.3, -0.25) is 9.08 Å². The van der Waals surface area contributed by atoms with E-state index < -0.39 is 21.6 Å². The number of fused-ring (bicyclic) bond motifs is 3. The lowest BCUT2D eigenvalue weighted by atomic mass is 9.91. The molecule has 2 aromatic rings. The van der Waals surface area contributed by atoms with E-state index in [1.54, 1.807) is 20.8 Å². The summed E-state index contributed by atoms with van der Waals surface area (Å²) in [5.41, 5.74) is 0.587. The van der Waals surface area contributed by atoms with E-state index in [1.165, 1.54) is 0 Å². The van der Waals surface area contributed by atoms with Crippen LogP contribution < -0.4 is 4.74 Å². The number of carbonyl (C=O) groups is 1. The minimum absolute atomic E-state index is 0.00834. The second-order valence-electron chi connectivity index (χ2n) is 7.96. The van der Waals surface area contributed by atoms with E-state index in [4.69, 9.17) is 13.8 Å². The van der Waals surface area contributed by atoms with Crippen molar-refractivity contribution in [2.45, 2.75) is 46.6 Å². The Morgan fingerprint density at radius 3 is 2.67 bits per heavy atom. The molecule has 1 aliphatic heterocycles. The first-order valence-corrected chi connectivity index (χ1v) is 11.6. The Bertz CT molecular complexity index is 1070. The van der Waals surface area contributed by atoms with Gasteiger partial charge in [-0.1, -0.05) is 42.4 Å². The minimum Gasteiger partial charge on any atom is -0.484 e. The molecule has 0 saturated carbocycles. The van der Waals surface area contributed by atoms with Crippen molar-refractivity contribution < 1.29 is 27.0 Å². The zero-order chi connectivity index (χ0) is 21.9. The third kappa shape index (κ3) is 4.75. The van der Waals surface area contributed by atoms with Crippen LogP contribution >= 0.6 is 0 Å². The van der Waals surface area contributed by atoms with Crippen molar-refractivity contribution in [3.8, 4) is 5.75 Å². The molecule has 1 unspecified atom stereocenters. The molecule has 7 nitrogen and oxygen atoms in total. The smallest absolute Gasteiger partial charge is 0.328 e. The third-order valence-electron chi connectivity index (χ3n) is 5.29. The Morgan fingerprint density at radius 2 is 1.93 bits per heavy atom. The largest absolute Gasteiger partial charge is 0.484 e. The molecule has 0 radical (unpaired) electrons. The summed E-state index contributed by atoms with van der Waals surface area (Å²) in [4.78, 5) is 11.9. The fourth-order valence-electron chi connectivity index (χ4n) is 3.06. The Balaban J connectivity index is 1.66. The monoisotopic (exact) mass is 433 g/mol. The fourth-order valence-corrected chi connectivity index (χ4v) is 3.80. The maximum absolute atomic E-state index is 12.3. The van der Waals surface area contributed by atoms with Crippen LogP contribution in [0.25, 0.3) is 10.8 Å². The molecule has 2 aromatic carbocycles. The number of oxime groups is 1. The average molecular weight is 434 g/mol. The third-order valence-corrected chi connectivity index (χ3v) is 6.38. The van der Waals surface area contributed by atoms with Gasteiger partial charge >= 0.3 is 16.1 Å². The van der Waals surface area contributed by atoms with Crippen LogP contribution in [0, 0.1) is 5.41 Å². The molecule has 8 heteroatoms. The summed E-state index contributed by atoms with van der Waals surface area (Å²) < 4.78 is 40.4. The van der Waals surface area contributed by atoms with Crippen molar-refractivity contribution in [1.29, 1.82) is 0 Å². The van der Waals surface area contributed by atoms with Gasteiger partial charge in [-0.05, 0) is 50.5 Å². The number of hydrogen-bond donors (Lipinski definition) is 0.